The molecule has 0 spiro atoms. The van der Waals surface area contributed by atoms with Crippen molar-refractivity contribution in [1.82, 2.24) is 4.90 Å². The van der Waals surface area contributed by atoms with Gasteiger partial charge >= 0.3 is 0 Å². The third-order valence-corrected chi connectivity index (χ3v) is 4.98. The molecule has 1 saturated heterocycles. The van der Waals surface area contributed by atoms with Crippen molar-refractivity contribution in [3.05, 3.63) is 70.0 Å². The van der Waals surface area contributed by atoms with Crippen molar-refractivity contribution in [3.63, 3.8) is 0 Å². The molecule has 1 aliphatic rings. The van der Waals surface area contributed by atoms with E-state index in [0.29, 0.717) is 43.3 Å². The number of nitro groups is 1. The molecule has 1 atom stereocenters. The van der Waals surface area contributed by atoms with E-state index in [4.69, 9.17) is 9.15 Å². The second kappa shape index (κ2) is 7.92. The number of para-hydroxylation sites is 1. The number of carbonyl (C=O) groups excluding carboxylic acids is 1. The van der Waals surface area contributed by atoms with Gasteiger partial charge < -0.3 is 19.4 Å². The Kier molecular flexibility index (Phi) is 5.18. The highest BCUT2D eigenvalue weighted by atomic mass is 16.6. The van der Waals surface area contributed by atoms with E-state index in [1.807, 2.05) is 37.3 Å². The first kappa shape index (κ1) is 18.9. The van der Waals surface area contributed by atoms with Gasteiger partial charge in [-0.15, -0.1) is 0 Å². The van der Waals surface area contributed by atoms with Gasteiger partial charge in [-0.05, 0) is 31.2 Å². The van der Waals surface area contributed by atoms with Gasteiger partial charge in [0.05, 0.1) is 24.2 Å². The monoisotopic (exact) mass is 395 g/mol. The summed E-state index contributed by atoms with van der Waals surface area (Å²) in [6, 6.07) is 13.8. The Hall–Kier alpha value is -3.39. The van der Waals surface area contributed by atoms with E-state index in [1.165, 1.54) is 6.07 Å². The number of nitro benzene ring substituents is 1. The first-order chi connectivity index (χ1) is 14.0. The first-order valence-corrected chi connectivity index (χ1v) is 9.43. The smallest absolute Gasteiger partial charge is 0.293 e. The maximum atomic E-state index is 12.6. The molecule has 0 radical (unpaired) electrons. The number of anilines is 1. The molecule has 0 aliphatic carbocycles. The third-order valence-electron chi connectivity index (χ3n) is 4.98. The van der Waals surface area contributed by atoms with E-state index in [0.717, 1.165) is 11.0 Å². The Morgan fingerprint density at radius 2 is 1.93 bits per heavy atom. The first-order valence-electron chi connectivity index (χ1n) is 9.43. The number of ether oxygens (including phenoxy) is 1. The summed E-state index contributed by atoms with van der Waals surface area (Å²) in [5, 5.41) is 15.7. The number of morpholine rings is 1. The molecule has 8 heteroatoms. The lowest BCUT2D eigenvalue weighted by Crippen LogP contribution is -2.40. The number of fused-ring (bicyclic) bond motifs is 1. The average Bonchev–Trinajstić information content (AvgIpc) is 3.18. The fraction of sp³-hybridized carbons (Fsp3) is 0.286. The molecule has 1 fully saturated rings. The molecule has 2 aromatic carbocycles. The number of benzene rings is 2. The van der Waals surface area contributed by atoms with Gasteiger partial charge in [0.2, 0.25) is 0 Å². The van der Waals surface area contributed by atoms with Crippen molar-refractivity contribution >= 4 is 28.3 Å². The summed E-state index contributed by atoms with van der Waals surface area (Å²) in [7, 11) is 0. The molecule has 29 heavy (non-hydrogen) atoms. The summed E-state index contributed by atoms with van der Waals surface area (Å²) in [5.74, 6) is 0.447. The van der Waals surface area contributed by atoms with Crippen molar-refractivity contribution in [2.45, 2.75) is 13.0 Å². The van der Waals surface area contributed by atoms with Crippen LogP contribution in [0.3, 0.4) is 0 Å². The van der Waals surface area contributed by atoms with Crippen LogP contribution in [0.25, 0.3) is 11.0 Å². The Morgan fingerprint density at radius 3 is 2.66 bits per heavy atom. The Morgan fingerprint density at radius 1 is 1.17 bits per heavy atom. The zero-order valence-corrected chi connectivity index (χ0v) is 16.0. The molecule has 2 heterocycles. The number of amides is 1. The normalized spacial score (nSPS) is 15.3. The molecule has 1 unspecified atom stereocenters. The summed E-state index contributed by atoms with van der Waals surface area (Å²) in [6.45, 7) is 3.78. The van der Waals surface area contributed by atoms with Crippen LogP contribution in [0, 0.1) is 10.1 Å². The van der Waals surface area contributed by atoms with Crippen LogP contribution in [0.15, 0.2) is 52.9 Å². The zero-order valence-electron chi connectivity index (χ0n) is 16.0. The van der Waals surface area contributed by atoms with Crippen molar-refractivity contribution in [1.29, 1.82) is 0 Å². The van der Waals surface area contributed by atoms with E-state index < -0.39 is 4.92 Å². The quantitative estimate of drug-likeness (QED) is 0.518. The zero-order chi connectivity index (χ0) is 20.4. The number of hydrogen-bond acceptors (Lipinski definition) is 6. The molecule has 8 nitrogen and oxygen atoms in total. The minimum atomic E-state index is -0.482. The molecule has 4 rings (SSSR count). The Labute approximate surface area is 167 Å². The summed E-state index contributed by atoms with van der Waals surface area (Å²) in [4.78, 5) is 25.4. The van der Waals surface area contributed by atoms with Gasteiger partial charge in [0.25, 0.3) is 11.6 Å². The SMILES string of the molecule is CC(Nc1ccc(C(=O)N2CCOCC2)cc1[N+](=O)[O-])c1cc2ccccc2o1. The van der Waals surface area contributed by atoms with Gasteiger partial charge in [-0.25, -0.2) is 0 Å². The van der Waals surface area contributed by atoms with Crippen LogP contribution in [0.2, 0.25) is 0 Å². The minimum Gasteiger partial charge on any atom is -0.459 e. The van der Waals surface area contributed by atoms with Crippen LogP contribution in [0.1, 0.15) is 29.1 Å². The van der Waals surface area contributed by atoms with Crippen LogP contribution < -0.4 is 5.32 Å². The van der Waals surface area contributed by atoms with Gasteiger partial charge in [-0.3, -0.25) is 14.9 Å². The predicted molar refractivity (Wildman–Crippen MR) is 108 cm³/mol. The highest BCUT2D eigenvalue weighted by Gasteiger charge is 2.24. The summed E-state index contributed by atoms with van der Waals surface area (Å²) in [5.41, 5.74) is 1.24. The average molecular weight is 395 g/mol. The van der Waals surface area contributed by atoms with Crippen LogP contribution in [-0.4, -0.2) is 42.0 Å². The van der Waals surface area contributed by atoms with Crippen LogP contribution in [0.4, 0.5) is 11.4 Å². The van der Waals surface area contributed by atoms with Crippen molar-refractivity contribution in [2.24, 2.45) is 0 Å². The van der Waals surface area contributed by atoms with E-state index in [9.17, 15) is 14.9 Å². The van der Waals surface area contributed by atoms with E-state index in [2.05, 4.69) is 5.32 Å². The van der Waals surface area contributed by atoms with E-state index in [1.54, 1.807) is 17.0 Å². The van der Waals surface area contributed by atoms with Crippen LogP contribution in [-0.2, 0) is 4.74 Å². The van der Waals surface area contributed by atoms with Crippen molar-refractivity contribution in [3.8, 4) is 0 Å². The summed E-state index contributed by atoms with van der Waals surface area (Å²) < 4.78 is 11.1. The van der Waals surface area contributed by atoms with E-state index >= 15 is 0 Å². The standard InChI is InChI=1S/C21H21N3O5/c1-14(20-13-15-4-2-3-5-19(15)29-20)22-17-7-6-16(12-18(17)24(26)27)21(25)23-8-10-28-11-9-23/h2-7,12-14,22H,8-11H2,1H3. The molecule has 0 bridgehead atoms. The largest absolute Gasteiger partial charge is 0.459 e. The second-order valence-electron chi connectivity index (χ2n) is 6.95. The van der Waals surface area contributed by atoms with Gasteiger partial charge in [0.15, 0.2) is 0 Å². The van der Waals surface area contributed by atoms with Gasteiger partial charge in [-0.1, -0.05) is 18.2 Å². The van der Waals surface area contributed by atoms with Gasteiger partial charge in [0, 0.05) is 30.1 Å². The molecular weight excluding hydrogens is 374 g/mol. The minimum absolute atomic E-state index is 0.146. The van der Waals surface area contributed by atoms with Gasteiger partial charge in [-0.2, -0.15) is 0 Å². The number of furan rings is 1. The lowest BCUT2D eigenvalue weighted by molar-refractivity contribution is -0.384. The maximum Gasteiger partial charge on any atom is 0.293 e. The van der Waals surface area contributed by atoms with Crippen molar-refractivity contribution in [2.75, 3.05) is 31.6 Å². The maximum absolute atomic E-state index is 12.6. The molecule has 3 aromatic rings. The molecule has 1 aromatic heterocycles. The summed E-state index contributed by atoms with van der Waals surface area (Å²) in [6.07, 6.45) is 0. The van der Waals surface area contributed by atoms with E-state index in [-0.39, 0.29) is 17.6 Å². The van der Waals surface area contributed by atoms with Crippen LogP contribution in [0.5, 0.6) is 0 Å². The highest BCUT2D eigenvalue weighted by Crippen LogP contribution is 2.31. The van der Waals surface area contributed by atoms with Crippen molar-refractivity contribution < 1.29 is 18.9 Å². The molecule has 0 saturated carbocycles. The fourth-order valence-corrected chi connectivity index (χ4v) is 3.41. The highest BCUT2D eigenvalue weighted by molar-refractivity contribution is 5.95. The number of rotatable bonds is 5. The number of nitrogens with one attached hydrogen (secondary N) is 1. The molecular formula is C21H21N3O5. The number of carbonyl (C=O) groups is 1. The predicted octanol–water partition coefficient (Wildman–Crippen LogP) is 3.99. The molecule has 1 aliphatic heterocycles. The molecule has 150 valence electrons. The lowest BCUT2D eigenvalue weighted by atomic mass is 10.1. The topological polar surface area (TPSA) is 97.9 Å². The lowest BCUT2D eigenvalue weighted by Gasteiger charge is -2.26. The second-order valence-corrected chi connectivity index (χ2v) is 6.95. The Bertz CT molecular complexity index is 1020. The molecule has 1 amide bonds. The fourth-order valence-electron chi connectivity index (χ4n) is 3.41. The number of nitrogens with zero attached hydrogens (tertiary/aromatic N) is 2. The molecule has 1 N–H and O–H groups in total. The Balaban J connectivity index is 1.57. The van der Waals surface area contributed by atoms with Gasteiger partial charge in [0.1, 0.15) is 17.0 Å². The number of hydrogen-bond donors (Lipinski definition) is 1. The van der Waals surface area contributed by atoms with Crippen LogP contribution >= 0.6 is 0 Å². The third kappa shape index (κ3) is 3.93. The summed E-state index contributed by atoms with van der Waals surface area (Å²) >= 11 is 0.